The molecule has 0 aliphatic carbocycles. The molecule has 30 heavy (non-hydrogen) atoms. The van der Waals surface area contributed by atoms with Crippen LogP contribution in [0.4, 0.5) is 0 Å². The number of hydrogen-bond donors (Lipinski definition) is 0. The minimum atomic E-state index is 1.34. The van der Waals surface area contributed by atoms with Crippen LogP contribution in [0.25, 0.3) is 71.3 Å². The smallest absolute Gasteiger partial charge is 0.0362 e. The molecule has 0 unspecified atom stereocenters. The predicted molar refractivity (Wildman–Crippen MR) is 140 cm³/mol. The van der Waals surface area contributed by atoms with Crippen LogP contribution in [0.5, 0.6) is 0 Å². The Hall–Kier alpha value is -2.50. The van der Waals surface area contributed by atoms with Crippen LogP contribution in [0.1, 0.15) is 0 Å². The largest absolute Gasteiger partial charge is 0.144 e. The van der Waals surface area contributed by atoms with Crippen LogP contribution in [0.2, 0.25) is 0 Å². The van der Waals surface area contributed by atoms with Gasteiger partial charge in [-0.05, 0) is 93.0 Å². The van der Waals surface area contributed by atoms with Gasteiger partial charge < -0.3 is 0 Å². The standard InChI is InChI=1S/C26H12S4/c1-3-27-21-11-19-17-5-15-10-26-18(6-16(15)9-25(17)29-23(19)7-13(1)21)20-12-22-14(2-4-28-22)8-24(20)30-26/h1-12H. The van der Waals surface area contributed by atoms with Crippen molar-refractivity contribution in [2.75, 3.05) is 0 Å². The third-order valence-electron chi connectivity index (χ3n) is 6.17. The Balaban J connectivity index is 1.49. The molecule has 4 aromatic heterocycles. The van der Waals surface area contributed by atoms with Gasteiger partial charge in [-0.1, -0.05) is 0 Å². The summed E-state index contributed by atoms with van der Waals surface area (Å²) in [5, 5.41) is 15.3. The average molecular weight is 453 g/mol. The SMILES string of the molecule is c1cc2cc3sc4cc5cc6c(cc5cc4c3cc2s1)sc1cc2ccsc2cc16. The van der Waals surface area contributed by atoms with Gasteiger partial charge in [0.25, 0.3) is 0 Å². The van der Waals surface area contributed by atoms with E-state index in [0.29, 0.717) is 0 Å². The van der Waals surface area contributed by atoms with E-state index in [1.54, 1.807) is 0 Å². The fourth-order valence-electron chi connectivity index (χ4n) is 4.70. The highest BCUT2D eigenvalue weighted by molar-refractivity contribution is 7.26. The molecule has 8 aromatic rings. The van der Waals surface area contributed by atoms with Crippen molar-refractivity contribution in [3.63, 3.8) is 0 Å². The van der Waals surface area contributed by atoms with Crippen LogP contribution in [-0.2, 0) is 0 Å². The van der Waals surface area contributed by atoms with Gasteiger partial charge in [0.1, 0.15) is 0 Å². The van der Waals surface area contributed by atoms with Crippen molar-refractivity contribution in [1.29, 1.82) is 0 Å². The molecular weight excluding hydrogens is 441 g/mol. The summed E-state index contributed by atoms with van der Waals surface area (Å²) in [7, 11) is 0. The second-order valence-electron chi connectivity index (χ2n) is 7.86. The highest BCUT2D eigenvalue weighted by Crippen LogP contribution is 2.43. The van der Waals surface area contributed by atoms with Crippen molar-refractivity contribution in [1.82, 2.24) is 0 Å². The first-order valence-electron chi connectivity index (χ1n) is 9.81. The lowest BCUT2D eigenvalue weighted by atomic mass is 10.0. The van der Waals surface area contributed by atoms with E-state index in [4.69, 9.17) is 0 Å². The molecule has 0 aliphatic rings. The summed E-state index contributed by atoms with van der Waals surface area (Å²) in [5.74, 6) is 0. The van der Waals surface area contributed by atoms with Gasteiger partial charge in [-0.2, -0.15) is 0 Å². The Labute approximate surface area is 187 Å². The lowest BCUT2D eigenvalue weighted by Crippen LogP contribution is -1.74. The highest BCUT2D eigenvalue weighted by Gasteiger charge is 2.12. The van der Waals surface area contributed by atoms with E-state index in [-0.39, 0.29) is 0 Å². The third kappa shape index (κ3) is 2.09. The van der Waals surface area contributed by atoms with Crippen molar-refractivity contribution in [2.45, 2.75) is 0 Å². The molecule has 0 nitrogen and oxygen atoms in total. The first kappa shape index (κ1) is 16.2. The van der Waals surface area contributed by atoms with E-state index in [2.05, 4.69) is 71.4 Å². The molecule has 0 N–H and O–H groups in total. The Morgan fingerprint density at radius 2 is 0.767 bits per heavy atom. The van der Waals surface area contributed by atoms with Crippen molar-refractivity contribution < 1.29 is 0 Å². The summed E-state index contributed by atoms with van der Waals surface area (Å²) < 4.78 is 8.30. The van der Waals surface area contributed by atoms with Crippen LogP contribution in [0, 0.1) is 0 Å². The molecule has 8 rings (SSSR count). The summed E-state index contributed by atoms with van der Waals surface area (Å²) in [6, 6.07) is 23.5. The first-order chi connectivity index (χ1) is 14.8. The molecule has 0 amide bonds. The van der Waals surface area contributed by atoms with Gasteiger partial charge in [0, 0.05) is 49.7 Å². The van der Waals surface area contributed by atoms with Crippen molar-refractivity contribution >= 4 is 117 Å². The molecular formula is C26H12S4. The Kier molecular flexibility index (Phi) is 3.03. The molecule has 0 atom stereocenters. The van der Waals surface area contributed by atoms with E-state index in [0.717, 1.165) is 0 Å². The number of fused-ring (bicyclic) bond motifs is 9. The molecule has 0 bridgehead atoms. The highest BCUT2D eigenvalue weighted by atomic mass is 32.1. The number of benzene rings is 4. The quantitative estimate of drug-likeness (QED) is 0.215. The minimum Gasteiger partial charge on any atom is -0.144 e. The van der Waals surface area contributed by atoms with E-state index >= 15 is 0 Å². The van der Waals surface area contributed by atoms with Crippen LogP contribution in [0.15, 0.2) is 71.4 Å². The van der Waals surface area contributed by atoms with Crippen molar-refractivity contribution in [2.24, 2.45) is 0 Å². The predicted octanol–water partition coefficient (Wildman–Crippen LogP) is 10.0. The van der Waals surface area contributed by atoms with Gasteiger partial charge in [-0.15, -0.1) is 45.3 Å². The molecule has 0 saturated carbocycles. The first-order valence-corrected chi connectivity index (χ1v) is 13.2. The molecule has 0 fully saturated rings. The average Bonchev–Trinajstić information content (AvgIpc) is 3.51. The van der Waals surface area contributed by atoms with Crippen LogP contribution in [-0.4, -0.2) is 0 Å². The summed E-state index contributed by atoms with van der Waals surface area (Å²) in [4.78, 5) is 0. The van der Waals surface area contributed by atoms with Gasteiger partial charge in [-0.25, -0.2) is 0 Å². The number of thiophene rings is 4. The van der Waals surface area contributed by atoms with Crippen molar-refractivity contribution in [3.05, 3.63) is 71.4 Å². The maximum Gasteiger partial charge on any atom is 0.0362 e. The number of rotatable bonds is 0. The van der Waals surface area contributed by atoms with Crippen LogP contribution < -0.4 is 0 Å². The molecule has 140 valence electrons. The fraction of sp³-hybridized carbons (Fsp3) is 0. The van der Waals surface area contributed by atoms with E-state index < -0.39 is 0 Å². The third-order valence-corrected chi connectivity index (χ3v) is 10.2. The molecule has 0 saturated heterocycles. The minimum absolute atomic E-state index is 1.34. The molecule has 0 spiro atoms. The second-order valence-corrected chi connectivity index (χ2v) is 11.9. The maximum atomic E-state index is 2.41. The zero-order chi connectivity index (χ0) is 19.4. The topological polar surface area (TPSA) is 0 Å². The molecule has 4 aromatic carbocycles. The van der Waals surface area contributed by atoms with Gasteiger partial charge >= 0.3 is 0 Å². The van der Waals surface area contributed by atoms with Gasteiger partial charge in [-0.3, -0.25) is 0 Å². The fourth-order valence-corrected chi connectivity index (χ4v) is 8.65. The summed E-state index contributed by atoms with van der Waals surface area (Å²) >= 11 is 7.50. The Bertz CT molecular complexity index is 1810. The molecule has 4 heterocycles. The zero-order valence-electron chi connectivity index (χ0n) is 15.6. The zero-order valence-corrected chi connectivity index (χ0v) is 18.8. The lowest BCUT2D eigenvalue weighted by molar-refractivity contribution is 1.96. The normalized spacial score (nSPS) is 12.7. The van der Waals surface area contributed by atoms with E-state index in [1.165, 1.54) is 71.3 Å². The maximum absolute atomic E-state index is 2.41. The summed E-state index contributed by atoms with van der Waals surface area (Å²) in [6.07, 6.45) is 0. The number of hydrogen-bond acceptors (Lipinski definition) is 4. The molecule has 0 radical (unpaired) electrons. The summed E-state index contributed by atoms with van der Waals surface area (Å²) in [5.41, 5.74) is 0. The van der Waals surface area contributed by atoms with Gasteiger partial charge in [0.2, 0.25) is 0 Å². The molecule has 4 heteroatoms. The summed E-state index contributed by atoms with van der Waals surface area (Å²) in [6.45, 7) is 0. The second kappa shape index (κ2) is 5.59. The van der Waals surface area contributed by atoms with E-state index in [1.807, 2.05) is 45.3 Å². The van der Waals surface area contributed by atoms with Gasteiger partial charge in [0.15, 0.2) is 0 Å². The van der Waals surface area contributed by atoms with Crippen LogP contribution >= 0.6 is 45.3 Å². The van der Waals surface area contributed by atoms with Gasteiger partial charge in [0.05, 0.1) is 0 Å². The molecule has 0 aliphatic heterocycles. The van der Waals surface area contributed by atoms with Crippen molar-refractivity contribution in [3.8, 4) is 0 Å². The lowest BCUT2D eigenvalue weighted by Gasteiger charge is -2.01. The Morgan fingerprint density at radius 1 is 0.367 bits per heavy atom. The van der Waals surface area contributed by atoms with Crippen LogP contribution in [0.3, 0.4) is 0 Å². The Morgan fingerprint density at radius 3 is 1.23 bits per heavy atom. The van der Waals surface area contributed by atoms with E-state index in [9.17, 15) is 0 Å². The monoisotopic (exact) mass is 452 g/mol.